The Morgan fingerprint density at radius 1 is 0.473 bits per heavy atom. The number of aliphatic hydroxyl groups is 1. The van der Waals surface area contributed by atoms with E-state index in [9.17, 15) is 19.4 Å². The zero-order valence-corrected chi connectivity index (χ0v) is 51.2. The van der Waals surface area contributed by atoms with Gasteiger partial charge >= 0.3 is 0 Å². The van der Waals surface area contributed by atoms with Gasteiger partial charge in [-0.25, -0.2) is 0 Å². The molecule has 0 aliphatic rings. The highest BCUT2D eigenvalue weighted by atomic mass is 31.2. The summed E-state index contributed by atoms with van der Waals surface area (Å²) in [4.78, 5) is 25.6. The number of hydrogen-bond acceptors (Lipinski definition) is 6. The van der Waals surface area contributed by atoms with Gasteiger partial charge in [0.15, 0.2) is 0 Å². The first kappa shape index (κ1) is 73.0. The number of phosphoric acid groups is 1. The Hall–Kier alpha value is -1.02. The second kappa shape index (κ2) is 56.7. The molecule has 74 heavy (non-hydrogen) atoms. The highest BCUT2D eigenvalue weighted by molar-refractivity contribution is 7.45. The maximum atomic E-state index is 13.0. The summed E-state index contributed by atoms with van der Waals surface area (Å²) in [5.41, 5.74) is 0. The summed E-state index contributed by atoms with van der Waals surface area (Å²) in [7, 11) is 1.32. The number of quaternary nitrogens is 1. The van der Waals surface area contributed by atoms with Gasteiger partial charge in [0.2, 0.25) is 5.91 Å². The van der Waals surface area contributed by atoms with Crippen LogP contribution in [-0.2, 0) is 18.4 Å². The third-order valence-electron chi connectivity index (χ3n) is 15.2. The number of allylic oxidation sites excluding steroid dienone is 4. The minimum atomic E-state index is -4.58. The van der Waals surface area contributed by atoms with E-state index in [-0.39, 0.29) is 19.1 Å². The van der Waals surface area contributed by atoms with Crippen molar-refractivity contribution in [2.24, 2.45) is 0 Å². The largest absolute Gasteiger partial charge is 0.756 e. The molecule has 3 atom stereocenters. The molecule has 0 saturated heterocycles. The topological polar surface area (TPSA) is 108 Å². The van der Waals surface area contributed by atoms with Crippen LogP contribution in [0.4, 0.5) is 0 Å². The second-order valence-electron chi connectivity index (χ2n) is 23.8. The first-order chi connectivity index (χ1) is 36.0. The molecule has 2 N–H and O–H groups in total. The van der Waals surface area contributed by atoms with Crippen molar-refractivity contribution >= 4 is 13.7 Å². The lowest BCUT2D eigenvalue weighted by atomic mass is 10.0. The molecule has 440 valence electrons. The van der Waals surface area contributed by atoms with E-state index < -0.39 is 20.0 Å². The molecular weight excluding hydrogens is 936 g/mol. The molecule has 0 spiro atoms. The van der Waals surface area contributed by atoms with Crippen molar-refractivity contribution in [3.63, 3.8) is 0 Å². The number of carbonyl (C=O) groups excluding carboxylic acids is 1. The molecule has 0 aromatic carbocycles. The third-order valence-corrected chi connectivity index (χ3v) is 16.2. The van der Waals surface area contributed by atoms with E-state index in [0.29, 0.717) is 23.9 Å². The van der Waals surface area contributed by atoms with Gasteiger partial charge in [-0.05, 0) is 44.9 Å². The van der Waals surface area contributed by atoms with Crippen molar-refractivity contribution in [1.82, 2.24) is 5.32 Å². The van der Waals surface area contributed by atoms with Crippen LogP contribution in [0, 0.1) is 0 Å². The van der Waals surface area contributed by atoms with E-state index in [2.05, 4.69) is 43.5 Å². The van der Waals surface area contributed by atoms with Gasteiger partial charge in [0.1, 0.15) is 13.2 Å². The monoisotopic (exact) mass is 1060 g/mol. The summed E-state index contributed by atoms with van der Waals surface area (Å²) in [5.74, 6) is -0.161. The van der Waals surface area contributed by atoms with Gasteiger partial charge in [0, 0.05) is 6.42 Å². The quantitative estimate of drug-likeness (QED) is 0.0272. The number of aliphatic hydroxyl groups excluding tert-OH is 1. The van der Waals surface area contributed by atoms with Crippen molar-refractivity contribution in [2.75, 3.05) is 40.9 Å². The Morgan fingerprint density at radius 3 is 1.12 bits per heavy atom. The van der Waals surface area contributed by atoms with Crippen LogP contribution in [0.5, 0.6) is 0 Å². The average molecular weight is 1070 g/mol. The standard InChI is InChI=1S/C65H129N2O6P/c1-6-8-10-12-14-16-18-20-22-24-26-28-30-31-32-33-34-35-37-38-40-42-44-46-48-50-52-54-56-58-64(68)63(62-73-74(70,71)72-61-60-67(3,4)5)66-65(69)59-57-55-53-51-49-47-45-43-41-39-36-29-27-25-23-21-19-17-15-13-11-9-7-2/h19,21,25,27,63-64,68H,6-18,20,22-24,26,28-62H2,1-5H3,(H-,66,69,70,71)/b21-19-,27-25-. The van der Waals surface area contributed by atoms with Gasteiger partial charge < -0.3 is 28.8 Å². The maximum Gasteiger partial charge on any atom is 0.268 e. The second-order valence-corrected chi connectivity index (χ2v) is 25.2. The number of nitrogens with one attached hydrogen (secondary N) is 1. The molecule has 0 aromatic rings. The summed E-state index contributed by atoms with van der Waals surface area (Å²) < 4.78 is 23.5. The van der Waals surface area contributed by atoms with E-state index >= 15 is 0 Å². The van der Waals surface area contributed by atoms with Crippen molar-refractivity contribution < 1.29 is 32.9 Å². The van der Waals surface area contributed by atoms with Gasteiger partial charge in [0.25, 0.3) is 7.82 Å². The predicted octanol–water partition coefficient (Wildman–Crippen LogP) is 19.7. The van der Waals surface area contributed by atoms with Crippen LogP contribution in [0.25, 0.3) is 0 Å². The van der Waals surface area contributed by atoms with Crippen LogP contribution in [0.15, 0.2) is 24.3 Å². The normalized spacial score (nSPS) is 13.9. The maximum absolute atomic E-state index is 13.0. The molecule has 0 bridgehead atoms. The molecule has 9 heteroatoms. The van der Waals surface area contributed by atoms with Crippen LogP contribution < -0.4 is 10.2 Å². The Kier molecular flexibility index (Phi) is 55.9. The Morgan fingerprint density at radius 2 is 0.784 bits per heavy atom. The lowest BCUT2D eigenvalue weighted by molar-refractivity contribution is -0.870. The molecule has 8 nitrogen and oxygen atoms in total. The molecule has 1 amide bonds. The third kappa shape index (κ3) is 58.7. The SMILES string of the molecule is CCCCCCC/C=C\C/C=C\CCCCCCCCCCCCCC(=O)NC(COP(=O)([O-])OCC[N+](C)(C)C)C(O)CCCCCCCCCCCCCCCCCCCCCCCCCCCCCCC. The highest BCUT2D eigenvalue weighted by Crippen LogP contribution is 2.38. The first-order valence-electron chi connectivity index (χ1n) is 32.7. The number of rotatable bonds is 61. The molecule has 0 fully saturated rings. The fraction of sp³-hybridized carbons (Fsp3) is 0.923. The molecular formula is C65H129N2O6P. The molecule has 3 unspecified atom stereocenters. The van der Waals surface area contributed by atoms with E-state index in [1.165, 1.54) is 263 Å². The summed E-state index contributed by atoms with van der Waals surface area (Å²) in [6.07, 6.45) is 72.3. The van der Waals surface area contributed by atoms with Crippen LogP contribution in [0.3, 0.4) is 0 Å². The molecule has 0 aliphatic carbocycles. The molecule has 0 aromatic heterocycles. The lowest BCUT2D eigenvalue weighted by Gasteiger charge is -2.30. The number of amides is 1. The van der Waals surface area contributed by atoms with Gasteiger partial charge in [-0.1, -0.05) is 308 Å². The Balaban J connectivity index is 4.06. The molecule has 0 heterocycles. The first-order valence-corrected chi connectivity index (χ1v) is 34.1. The highest BCUT2D eigenvalue weighted by Gasteiger charge is 2.24. The molecule has 0 aliphatic heterocycles. The van der Waals surface area contributed by atoms with Gasteiger partial charge in [-0.15, -0.1) is 0 Å². The minimum Gasteiger partial charge on any atom is -0.756 e. The lowest BCUT2D eigenvalue weighted by Crippen LogP contribution is -2.46. The fourth-order valence-corrected chi connectivity index (χ4v) is 10.8. The van der Waals surface area contributed by atoms with E-state index in [0.717, 1.165) is 44.9 Å². The van der Waals surface area contributed by atoms with Gasteiger partial charge in [0.05, 0.1) is 39.9 Å². The summed E-state index contributed by atoms with van der Waals surface area (Å²) >= 11 is 0. The number of unbranched alkanes of at least 4 members (excludes halogenated alkanes) is 44. The van der Waals surface area contributed by atoms with E-state index in [1.54, 1.807) is 0 Å². The number of nitrogens with zero attached hydrogens (tertiary/aromatic N) is 1. The summed E-state index contributed by atoms with van der Waals surface area (Å²) in [6.45, 7) is 4.76. The Bertz CT molecular complexity index is 1260. The van der Waals surface area contributed by atoms with Crippen LogP contribution >= 0.6 is 7.82 Å². The van der Waals surface area contributed by atoms with Crippen molar-refractivity contribution in [3.8, 4) is 0 Å². The number of hydrogen-bond donors (Lipinski definition) is 2. The predicted molar refractivity (Wildman–Crippen MR) is 321 cm³/mol. The number of phosphoric ester groups is 1. The smallest absolute Gasteiger partial charge is 0.268 e. The van der Waals surface area contributed by atoms with Crippen molar-refractivity contribution in [1.29, 1.82) is 0 Å². The van der Waals surface area contributed by atoms with Crippen LogP contribution in [-0.4, -0.2) is 68.5 Å². The van der Waals surface area contributed by atoms with Crippen molar-refractivity contribution in [2.45, 2.75) is 347 Å². The number of likely N-dealkylation sites (N-methyl/N-ethyl adjacent to an activating group) is 1. The van der Waals surface area contributed by atoms with E-state index in [4.69, 9.17) is 9.05 Å². The average Bonchev–Trinajstić information content (AvgIpc) is 3.36. The zero-order valence-electron chi connectivity index (χ0n) is 50.3. The zero-order chi connectivity index (χ0) is 54.2. The molecule has 0 radical (unpaired) electrons. The van der Waals surface area contributed by atoms with Gasteiger partial charge in [-0.2, -0.15) is 0 Å². The van der Waals surface area contributed by atoms with Gasteiger partial charge in [-0.3, -0.25) is 9.36 Å². The molecule has 0 rings (SSSR count). The molecule has 0 saturated carbocycles. The van der Waals surface area contributed by atoms with Crippen LogP contribution in [0.2, 0.25) is 0 Å². The van der Waals surface area contributed by atoms with Crippen LogP contribution in [0.1, 0.15) is 335 Å². The number of carbonyl (C=O) groups is 1. The fourth-order valence-electron chi connectivity index (χ4n) is 10.1. The van der Waals surface area contributed by atoms with Crippen molar-refractivity contribution in [3.05, 3.63) is 24.3 Å². The summed E-state index contributed by atoms with van der Waals surface area (Å²) in [6, 6.07) is -0.802. The minimum absolute atomic E-state index is 0.0134. The summed E-state index contributed by atoms with van der Waals surface area (Å²) in [5, 5.41) is 14.1. The Labute approximate surface area is 462 Å². The van der Waals surface area contributed by atoms with E-state index in [1.807, 2.05) is 21.1 Å².